The molecule has 0 N–H and O–H groups in total. The molecule has 1 aromatic heterocycles. The Morgan fingerprint density at radius 2 is 1.75 bits per heavy atom. The first-order chi connectivity index (χ1) is 11.4. The molecule has 2 aromatic rings. The molecule has 1 aromatic carbocycles. The number of pyridine rings is 1. The number of alkyl halides is 3. The van der Waals surface area contributed by atoms with Crippen molar-refractivity contribution >= 4 is 5.69 Å². The fraction of sp³-hybridized carbons (Fsp3) is 0.389. The van der Waals surface area contributed by atoms with Gasteiger partial charge in [-0.15, -0.1) is 0 Å². The number of nitrogens with zero attached hydrogens (tertiary/aromatic N) is 3. The summed E-state index contributed by atoms with van der Waals surface area (Å²) in [5.74, 6) is 0. The SMILES string of the molecule is CC(c1ccccn1)N1CCN(c2cccc(C(F)(F)F)c2)CC1. The molecule has 0 aliphatic carbocycles. The van der Waals surface area contributed by atoms with Crippen molar-refractivity contribution in [3.05, 3.63) is 59.9 Å². The van der Waals surface area contributed by atoms with Crippen molar-refractivity contribution in [2.75, 3.05) is 31.1 Å². The normalized spacial score (nSPS) is 17.8. The lowest BCUT2D eigenvalue weighted by Gasteiger charge is -2.39. The second kappa shape index (κ2) is 6.81. The lowest BCUT2D eigenvalue weighted by Crippen LogP contribution is -2.47. The van der Waals surface area contributed by atoms with Crippen LogP contribution in [0.25, 0.3) is 0 Å². The van der Waals surface area contributed by atoms with Crippen LogP contribution < -0.4 is 4.90 Å². The molecular formula is C18H20F3N3. The third-order valence-corrected chi connectivity index (χ3v) is 4.52. The van der Waals surface area contributed by atoms with Gasteiger partial charge in [0, 0.05) is 44.1 Å². The highest BCUT2D eigenvalue weighted by Crippen LogP contribution is 2.32. The Kier molecular flexibility index (Phi) is 4.76. The topological polar surface area (TPSA) is 19.4 Å². The lowest BCUT2D eigenvalue weighted by molar-refractivity contribution is -0.137. The van der Waals surface area contributed by atoms with Gasteiger partial charge in [0.25, 0.3) is 0 Å². The van der Waals surface area contributed by atoms with Gasteiger partial charge in [-0.05, 0) is 37.3 Å². The summed E-state index contributed by atoms with van der Waals surface area (Å²) in [7, 11) is 0. The number of piperazine rings is 1. The van der Waals surface area contributed by atoms with E-state index in [0.717, 1.165) is 24.8 Å². The Balaban J connectivity index is 1.65. The van der Waals surface area contributed by atoms with E-state index in [9.17, 15) is 13.2 Å². The fourth-order valence-corrected chi connectivity index (χ4v) is 3.06. The lowest BCUT2D eigenvalue weighted by atomic mass is 10.1. The molecule has 1 unspecified atom stereocenters. The van der Waals surface area contributed by atoms with E-state index < -0.39 is 11.7 Å². The van der Waals surface area contributed by atoms with Gasteiger partial charge in [0.05, 0.1) is 11.3 Å². The van der Waals surface area contributed by atoms with E-state index in [4.69, 9.17) is 0 Å². The number of hydrogen-bond acceptors (Lipinski definition) is 3. The van der Waals surface area contributed by atoms with Crippen molar-refractivity contribution in [3.63, 3.8) is 0 Å². The Bertz CT molecular complexity index is 665. The van der Waals surface area contributed by atoms with Crippen molar-refractivity contribution in [2.45, 2.75) is 19.1 Å². The third-order valence-electron chi connectivity index (χ3n) is 4.52. The summed E-state index contributed by atoms with van der Waals surface area (Å²) < 4.78 is 38.6. The molecule has 3 nitrogen and oxygen atoms in total. The van der Waals surface area contributed by atoms with Crippen LogP contribution in [0.3, 0.4) is 0 Å². The fourth-order valence-electron chi connectivity index (χ4n) is 3.06. The molecule has 24 heavy (non-hydrogen) atoms. The maximum Gasteiger partial charge on any atom is 0.416 e. The second-order valence-electron chi connectivity index (χ2n) is 6.00. The van der Waals surface area contributed by atoms with E-state index in [-0.39, 0.29) is 6.04 Å². The predicted molar refractivity (Wildman–Crippen MR) is 87.9 cm³/mol. The summed E-state index contributed by atoms with van der Waals surface area (Å²) in [6.07, 6.45) is -2.52. The molecule has 2 heterocycles. The van der Waals surface area contributed by atoms with E-state index >= 15 is 0 Å². The van der Waals surface area contributed by atoms with E-state index in [1.165, 1.54) is 12.1 Å². The molecule has 0 bridgehead atoms. The molecule has 0 amide bonds. The molecule has 1 fully saturated rings. The number of rotatable bonds is 3. The Morgan fingerprint density at radius 1 is 1.00 bits per heavy atom. The number of benzene rings is 1. The molecule has 6 heteroatoms. The van der Waals surface area contributed by atoms with Gasteiger partial charge in [0.1, 0.15) is 0 Å². The van der Waals surface area contributed by atoms with Crippen LogP contribution in [0.2, 0.25) is 0 Å². The summed E-state index contributed by atoms with van der Waals surface area (Å²) in [5.41, 5.74) is 1.06. The molecule has 0 spiro atoms. The second-order valence-corrected chi connectivity index (χ2v) is 6.00. The van der Waals surface area contributed by atoms with Gasteiger partial charge in [-0.2, -0.15) is 13.2 Å². The van der Waals surface area contributed by atoms with Crippen molar-refractivity contribution < 1.29 is 13.2 Å². The van der Waals surface area contributed by atoms with Crippen LogP contribution in [0.15, 0.2) is 48.7 Å². The van der Waals surface area contributed by atoms with Crippen LogP contribution in [-0.2, 0) is 6.18 Å². The summed E-state index contributed by atoms with van der Waals surface area (Å²) in [4.78, 5) is 8.71. The smallest absolute Gasteiger partial charge is 0.369 e. The monoisotopic (exact) mass is 335 g/mol. The average Bonchev–Trinajstić information content (AvgIpc) is 2.61. The summed E-state index contributed by atoms with van der Waals surface area (Å²) in [5, 5.41) is 0. The minimum Gasteiger partial charge on any atom is -0.369 e. The highest BCUT2D eigenvalue weighted by Gasteiger charge is 2.31. The van der Waals surface area contributed by atoms with E-state index in [0.29, 0.717) is 18.8 Å². The highest BCUT2D eigenvalue weighted by atomic mass is 19.4. The van der Waals surface area contributed by atoms with Gasteiger partial charge in [0.15, 0.2) is 0 Å². The summed E-state index contributed by atoms with van der Waals surface area (Å²) >= 11 is 0. The Hall–Kier alpha value is -2.08. The Morgan fingerprint density at radius 3 is 2.38 bits per heavy atom. The van der Waals surface area contributed by atoms with Crippen molar-refractivity contribution in [1.29, 1.82) is 0 Å². The van der Waals surface area contributed by atoms with Gasteiger partial charge >= 0.3 is 6.18 Å². The van der Waals surface area contributed by atoms with Crippen molar-refractivity contribution in [2.24, 2.45) is 0 Å². The highest BCUT2D eigenvalue weighted by molar-refractivity contribution is 5.49. The van der Waals surface area contributed by atoms with Crippen molar-refractivity contribution in [1.82, 2.24) is 9.88 Å². The van der Waals surface area contributed by atoms with Crippen LogP contribution >= 0.6 is 0 Å². The predicted octanol–water partition coefficient (Wildman–Crippen LogP) is 3.98. The van der Waals surface area contributed by atoms with E-state index in [1.807, 2.05) is 23.1 Å². The first-order valence-electron chi connectivity index (χ1n) is 8.02. The van der Waals surface area contributed by atoms with Crippen LogP contribution in [-0.4, -0.2) is 36.1 Å². The molecule has 1 saturated heterocycles. The zero-order chi connectivity index (χ0) is 17.2. The molecule has 1 atom stereocenters. The summed E-state index contributed by atoms with van der Waals surface area (Å²) in [6, 6.07) is 11.6. The standard InChI is InChI=1S/C18H20F3N3/c1-14(17-7-2-3-8-22-17)23-9-11-24(12-10-23)16-6-4-5-15(13-16)18(19,20)21/h2-8,13-14H,9-12H2,1H3. The molecule has 0 saturated carbocycles. The first kappa shape index (κ1) is 16.8. The van der Waals surface area contributed by atoms with Crippen molar-refractivity contribution in [3.8, 4) is 0 Å². The van der Waals surface area contributed by atoms with Crippen LogP contribution in [0.4, 0.5) is 18.9 Å². The number of halogens is 3. The number of anilines is 1. The van der Waals surface area contributed by atoms with Gasteiger partial charge in [-0.1, -0.05) is 12.1 Å². The first-order valence-corrected chi connectivity index (χ1v) is 8.02. The van der Waals surface area contributed by atoms with Gasteiger partial charge in [-0.3, -0.25) is 9.88 Å². The molecule has 3 rings (SSSR count). The molecule has 1 aliphatic heterocycles. The van der Waals surface area contributed by atoms with Gasteiger partial charge < -0.3 is 4.90 Å². The summed E-state index contributed by atoms with van der Waals surface area (Å²) in [6.45, 7) is 5.13. The van der Waals surface area contributed by atoms with Gasteiger partial charge in [-0.25, -0.2) is 0 Å². The zero-order valence-electron chi connectivity index (χ0n) is 13.5. The number of hydrogen-bond donors (Lipinski definition) is 0. The van der Waals surface area contributed by atoms with Gasteiger partial charge in [0.2, 0.25) is 0 Å². The van der Waals surface area contributed by atoms with E-state index in [1.54, 1.807) is 12.3 Å². The van der Waals surface area contributed by atoms with Crippen LogP contribution in [0.1, 0.15) is 24.2 Å². The maximum absolute atomic E-state index is 12.9. The zero-order valence-corrected chi connectivity index (χ0v) is 13.5. The number of aromatic nitrogens is 1. The molecule has 128 valence electrons. The Labute approximate surface area is 139 Å². The van der Waals surface area contributed by atoms with E-state index in [2.05, 4.69) is 16.8 Å². The minimum absolute atomic E-state index is 0.204. The largest absolute Gasteiger partial charge is 0.416 e. The minimum atomic E-state index is -4.30. The average molecular weight is 335 g/mol. The maximum atomic E-state index is 12.9. The molecular weight excluding hydrogens is 315 g/mol. The quantitative estimate of drug-likeness (QED) is 0.846. The third kappa shape index (κ3) is 3.70. The molecule has 0 radical (unpaired) electrons. The van der Waals surface area contributed by atoms with Crippen LogP contribution in [0, 0.1) is 0 Å². The van der Waals surface area contributed by atoms with Crippen LogP contribution in [0.5, 0.6) is 0 Å². The molecule has 1 aliphatic rings.